The van der Waals surface area contributed by atoms with Gasteiger partial charge in [0.15, 0.2) is 6.61 Å². The molecule has 5 nitrogen and oxygen atoms in total. The fourth-order valence-corrected chi connectivity index (χ4v) is 2.74. The molecule has 2 aromatic rings. The van der Waals surface area contributed by atoms with Gasteiger partial charge in [-0.1, -0.05) is 58.0 Å². The smallest absolute Gasteiger partial charge is 0.262 e. The first-order valence-electron chi connectivity index (χ1n) is 9.64. The Morgan fingerprint density at radius 3 is 2.36 bits per heavy atom. The van der Waals surface area contributed by atoms with Crippen LogP contribution in [-0.4, -0.2) is 24.5 Å². The van der Waals surface area contributed by atoms with Crippen LogP contribution in [0.3, 0.4) is 0 Å². The maximum atomic E-state index is 12.5. The van der Waals surface area contributed by atoms with Crippen molar-refractivity contribution in [2.45, 2.75) is 52.5 Å². The molecule has 0 unspecified atom stereocenters. The van der Waals surface area contributed by atoms with E-state index in [0.717, 1.165) is 12.0 Å². The molecule has 28 heavy (non-hydrogen) atoms. The molecule has 0 heterocycles. The summed E-state index contributed by atoms with van der Waals surface area (Å²) in [7, 11) is 0. The molecule has 0 radical (unpaired) electrons. The van der Waals surface area contributed by atoms with Crippen molar-refractivity contribution in [2.75, 3.05) is 11.9 Å². The molecule has 0 aromatic heterocycles. The maximum Gasteiger partial charge on any atom is 0.262 e. The third-order valence-electron chi connectivity index (χ3n) is 4.49. The van der Waals surface area contributed by atoms with Crippen molar-refractivity contribution in [2.24, 2.45) is 0 Å². The largest absolute Gasteiger partial charge is 0.483 e. The number of rotatable bonds is 7. The molecule has 150 valence electrons. The van der Waals surface area contributed by atoms with Crippen LogP contribution in [0.2, 0.25) is 0 Å². The predicted molar refractivity (Wildman–Crippen MR) is 113 cm³/mol. The van der Waals surface area contributed by atoms with Gasteiger partial charge >= 0.3 is 0 Å². The van der Waals surface area contributed by atoms with Crippen LogP contribution < -0.4 is 15.4 Å². The van der Waals surface area contributed by atoms with E-state index in [1.165, 1.54) is 0 Å². The molecular formula is C23H30N2O3. The summed E-state index contributed by atoms with van der Waals surface area (Å²) in [5, 5.41) is 5.71. The van der Waals surface area contributed by atoms with Crippen molar-refractivity contribution in [3.05, 3.63) is 59.7 Å². The van der Waals surface area contributed by atoms with Gasteiger partial charge in [-0.15, -0.1) is 0 Å². The Bertz CT molecular complexity index is 825. The fourth-order valence-electron chi connectivity index (χ4n) is 2.74. The Morgan fingerprint density at radius 1 is 1.04 bits per heavy atom. The van der Waals surface area contributed by atoms with Crippen molar-refractivity contribution < 1.29 is 14.3 Å². The number of hydrogen-bond donors (Lipinski definition) is 2. The van der Waals surface area contributed by atoms with Crippen LogP contribution >= 0.6 is 0 Å². The highest BCUT2D eigenvalue weighted by atomic mass is 16.5. The van der Waals surface area contributed by atoms with Gasteiger partial charge < -0.3 is 15.4 Å². The SMILES string of the molecule is CC[C@H](C)NC(=O)c1ccccc1NC(=O)COc1ccccc1C(C)(C)C. The first-order valence-corrected chi connectivity index (χ1v) is 9.64. The molecule has 0 saturated carbocycles. The van der Waals surface area contributed by atoms with E-state index >= 15 is 0 Å². The van der Waals surface area contributed by atoms with Gasteiger partial charge in [0.05, 0.1) is 11.3 Å². The van der Waals surface area contributed by atoms with E-state index in [0.29, 0.717) is 17.0 Å². The zero-order chi connectivity index (χ0) is 20.7. The average molecular weight is 383 g/mol. The number of anilines is 1. The van der Waals surface area contributed by atoms with Gasteiger partial charge in [0.1, 0.15) is 5.75 Å². The molecule has 0 aliphatic carbocycles. The van der Waals surface area contributed by atoms with Gasteiger partial charge in [-0.2, -0.15) is 0 Å². The summed E-state index contributed by atoms with van der Waals surface area (Å²) < 4.78 is 5.77. The Kier molecular flexibility index (Phi) is 7.21. The first-order chi connectivity index (χ1) is 13.2. The monoisotopic (exact) mass is 382 g/mol. The third kappa shape index (κ3) is 5.84. The second-order valence-corrected chi connectivity index (χ2v) is 7.91. The standard InChI is InChI=1S/C23H30N2O3/c1-6-16(2)24-22(27)17-11-7-9-13-19(17)25-21(26)15-28-20-14-10-8-12-18(20)23(3,4)5/h7-14,16H,6,15H2,1-5H3,(H,24,27)(H,25,26)/t16-/m0/s1. The Morgan fingerprint density at radius 2 is 1.68 bits per heavy atom. The summed E-state index contributed by atoms with van der Waals surface area (Å²) in [6.45, 7) is 10.1. The number of carbonyl (C=O) groups is 2. The molecule has 2 rings (SSSR count). The quantitative estimate of drug-likeness (QED) is 0.739. The molecule has 0 fully saturated rings. The zero-order valence-corrected chi connectivity index (χ0v) is 17.3. The van der Waals surface area contributed by atoms with Crippen LogP contribution in [-0.2, 0) is 10.2 Å². The number of benzene rings is 2. The van der Waals surface area contributed by atoms with Gasteiger partial charge in [-0.3, -0.25) is 9.59 Å². The maximum absolute atomic E-state index is 12.5. The molecule has 2 N–H and O–H groups in total. The number of ether oxygens (including phenoxy) is 1. The summed E-state index contributed by atoms with van der Waals surface area (Å²) in [4.78, 5) is 24.9. The van der Waals surface area contributed by atoms with Gasteiger partial charge in [0, 0.05) is 6.04 Å². The minimum Gasteiger partial charge on any atom is -0.483 e. The molecule has 0 aliphatic heterocycles. The average Bonchev–Trinajstić information content (AvgIpc) is 2.66. The lowest BCUT2D eigenvalue weighted by molar-refractivity contribution is -0.118. The van der Waals surface area contributed by atoms with Crippen molar-refractivity contribution in [1.82, 2.24) is 5.32 Å². The molecule has 5 heteroatoms. The van der Waals surface area contributed by atoms with Crippen LogP contribution in [0.1, 0.15) is 57.0 Å². The number of carbonyl (C=O) groups excluding carboxylic acids is 2. The fraction of sp³-hybridized carbons (Fsp3) is 0.391. The van der Waals surface area contributed by atoms with Crippen LogP contribution in [0, 0.1) is 0 Å². The van der Waals surface area contributed by atoms with Crippen LogP contribution in [0.4, 0.5) is 5.69 Å². The van der Waals surface area contributed by atoms with Crippen molar-refractivity contribution >= 4 is 17.5 Å². The van der Waals surface area contributed by atoms with Crippen LogP contribution in [0.15, 0.2) is 48.5 Å². The summed E-state index contributed by atoms with van der Waals surface area (Å²) in [5.74, 6) is 0.171. The Hall–Kier alpha value is -2.82. The molecule has 2 aromatic carbocycles. The molecule has 0 bridgehead atoms. The topological polar surface area (TPSA) is 67.4 Å². The number of hydrogen-bond acceptors (Lipinski definition) is 3. The van der Waals surface area contributed by atoms with E-state index < -0.39 is 0 Å². The van der Waals surface area contributed by atoms with E-state index in [1.807, 2.05) is 38.1 Å². The van der Waals surface area contributed by atoms with E-state index in [1.54, 1.807) is 24.3 Å². The van der Waals surface area contributed by atoms with Gasteiger partial charge in [-0.25, -0.2) is 0 Å². The second kappa shape index (κ2) is 9.40. The number of amides is 2. The van der Waals surface area contributed by atoms with Crippen molar-refractivity contribution in [3.8, 4) is 5.75 Å². The minimum atomic E-state index is -0.312. The van der Waals surface area contributed by atoms with Gasteiger partial charge in [0.25, 0.3) is 11.8 Å². The van der Waals surface area contributed by atoms with Crippen LogP contribution in [0.5, 0.6) is 5.75 Å². The third-order valence-corrected chi connectivity index (χ3v) is 4.49. The minimum absolute atomic E-state index is 0.0634. The van der Waals surface area contributed by atoms with E-state index in [-0.39, 0.29) is 29.9 Å². The molecule has 0 aliphatic rings. The number of para-hydroxylation sites is 2. The van der Waals surface area contributed by atoms with E-state index in [2.05, 4.69) is 31.4 Å². The highest BCUT2D eigenvalue weighted by Crippen LogP contribution is 2.30. The second-order valence-electron chi connectivity index (χ2n) is 7.91. The lowest BCUT2D eigenvalue weighted by Crippen LogP contribution is -2.33. The molecule has 2 amide bonds. The van der Waals surface area contributed by atoms with Crippen molar-refractivity contribution in [3.63, 3.8) is 0 Å². The summed E-state index contributed by atoms with van der Waals surface area (Å²) >= 11 is 0. The highest BCUT2D eigenvalue weighted by Gasteiger charge is 2.19. The zero-order valence-electron chi connectivity index (χ0n) is 17.3. The lowest BCUT2D eigenvalue weighted by atomic mass is 9.86. The predicted octanol–water partition coefficient (Wildman–Crippen LogP) is 4.53. The lowest BCUT2D eigenvalue weighted by Gasteiger charge is -2.22. The summed E-state index contributed by atoms with van der Waals surface area (Å²) in [6, 6.07) is 14.7. The normalized spacial score (nSPS) is 12.2. The van der Waals surface area contributed by atoms with E-state index in [4.69, 9.17) is 4.74 Å². The van der Waals surface area contributed by atoms with Crippen LogP contribution in [0.25, 0.3) is 0 Å². The number of nitrogens with one attached hydrogen (secondary N) is 2. The summed E-state index contributed by atoms with van der Waals surface area (Å²) in [6.07, 6.45) is 0.835. The molecule has 0 saturated heterocycles. The highest BCUT2D eigenvalue weighted by molar-refractivity contribution is 6.04. The summed E-state index contributed by atoms with van der Waals surface area (Å²) in [5.41, 5.74) is 1.86. The Balaban J connectivity index is 2.06. The Labute approximate surface area is 167 Å². The molecule has 0 spiro atoms. The van der Waals surface area contributed by atoms with Crippen molar-refractivity contribution in [1.29, 1.82) is 0 Å². The molecular weight excluding hydrogens is 352 g/mol. The first kappa shape index (κ1) is 21.5. The van der Waals surface area contributed by atoms with Gasteiger partial charge in [0.2, 0.25) is 0 Å². The van der Waals surface area contributed by atoms with Gasteiger partial charge in [-0.05, 0) is 42.5 Å². The molecule has 1 atom stereocenters. The van der Waals surface area contributed by atoms with E-state index in [9.17, 15) is 9.59 Å².